The van der Waals surface area contributed by atoms with E-state index in [2.05, 4.69) is 10.6 Å². The first-order chi connectivity index (χ1) is 14.3. The van der Waals surface area contributed by atoms with Gasteiger partial charge in [0.1, 0.15) is 10.8 Å². The van der Waals surface area contributed by atoms with Crippen molar-refractivity contribution in [2.75, 3.05) is 17.7 Å². The molecular weight excluding hydrogens is 440 g/mol. The highest BCUT2D eigenvalue weighted by molar-refractivity contribution is 7.16. The zero-order valence-corrected chi connectivity index (χ0v) is 20.2. The first-order valence-corrected chi connectivity index (χ1v) is 10.8. The van der Waals surface area contributed by atoms with Gasteiger partial charge in [-0.15, -0.1) is 11.3 Å². The lowest BCUT2D eigenvalue weighted by Crippen LogP contribution is -2.31. The molecule has 0 aliphatic heterocycles. The molecule has 168 valence electrons. The number of hydrogen-bond donors (Lipinski definition) is 2. The number of carbonyl (C=O) groups is 3. The van der Waals surface area contributed by atoms with E-state index in [0.717, 1.165) is 4.88 Å². The summed E-state index contributed by atoms with van der Waals surface area (Å²) in [6.07, 6.45) is -1.10. The van der Waals surface area contributed by atoms with Crippen LogP contribution in [0.1, 0.15) is 48.5 Å². The summed E-state index contributed by atoms with van der Waals surface area (Å²) in [5.74, 6) is -1.03. The van der Waals surface area contributed by atoms with E-state index in [1.54, 1.807) is 45.9 Å². The van der Waals surface area contributed by atoms with Crippen LogP contribution in [0.4, 0.5) is 10.7 Å². The highest BCUT2D eigenvalue weighted by Gasteiger charge is 2.29. The number of esters is 1. The van der Waals surface area contributed by atoms with Crippen LogP contribution in [-0.4, -0.2) is 31.0 Å². The van der Waals surface area contributed by atoms with Gasteiger partial charge in [0.05, 0.1) is 18.4 Å². The SMILES string of the molecule is COc1ccc(Cl)cc1NC(=O)C(C)OC(=O)c1c(NC(=O)C(C)(C)C)sc(C)c1C. The van der Waals surface area contributed by atoms with Crippen molar-refractivity contribution < 1.29 is 23.9 Å². The summed E-state index contributed by atoms with van der Waals surface area (Å²) in [6, 6.07) is 4.80. The van der Waals surface area contributed by atoms with E-state index in [1.807, 2.05) is 6.92 Å². The number of thiophene rings is 1. The van der Waals surface area contributed by atoms with Crippen LogP contribution in [0.5, 0.6) is 5.75 Å². The molecule has 0 aliphatic rings. The third kappa shape index (κ3) is 5.98. The number of ether oxygens (including phenoxy) is 2. The summed E-state index contributed by atoms with van der Waals surface area (Å²) >= 11 is 7.28. The van der Waals surface area contributed by atoms with Crippen molar-refractivity contribution in [1.82, 2.24) is 0 Å². The number of methoxy groups -OCH3 is 1. The minimum absolute atomic E-state index is 0.221. The Bertz CT molecular complexity index is 1010. The molecule has 1 aromatic carbocycles. The Hall–Kier alpha value is -2.58. The number of anilines is 2. The second-order valence-corrected chi connectivity index (χ2v) is 9.73. The van der Waals surface area contributed by atoms with Crippen LogP contribution in [0, 0.1) is 19.3 Å². The summed E-state index contributed by atoms with van der Waals surface area (Å²) in [6.45, 7) is 10.4. The van der Waals surface area contributed by atoms with Crippen molar-refractivity contribution in [2.24, 2.45) is 5.41 Å². The molecule has 2 rings (SSSR count). The predicted octanol–water partition coefficient (Wildman–Crippen LogP) is 5.20. The molecule has 1 aromatic heterocycles. The maximum absolute atomic E-state index is 12.9. The van der Waals surface area contributed by atoms with Gasteiger partial charge in [0.25, 0.3) is 5.91 Å². The number of amides is 2. The van der Waals surface area contributed by atoms with Gasteiger partial charge >= 0.3 is 5.97 Å². The molecule has 0 fully saturated rings. The Morgan fingerprint density at radius 2 is 1.77 bits per heavy atom. The first-order valence-electron chi connectivity index (χ1n) is 9.62. The maximum atomic E-state index is 12.9. The fourth-order valence-electron chi connectivity index (χ4n) is 2.54. The van der Waals surface area contributed by atoms with Crippen molar-refractivity contribution in [3.8, 4) is 5.75 Å². The zero-order valence-electron chi connectivity index (χ0n) is 18.6. The molecule has 0 aliphatic carbocycles. The molecule has 0 bridgehead atoms. The van der Waals surface area contributed by atoms with Gasteiger partial charge in [-0.3, -0.25) is 9.59 Å². The third-order valence-corrected chi connectivity index (χ3v) is 5.93. The van der Waals surface area contributed by atoms with Gasteiger partial charge in [-0.1, -0.05) is 32.4 Å². The van der Waals surface area contributed by atoms with Crippen LogP contribution < -0.4 is 15.4 Å². The summed E-state index contributed by atoms with van der Waals surface area (Å²) in [4.78, 5) is 38.8. The number of carbonyl (C=O) groups excluding carboxylic acids is 3. The number of benzene rings is 1. The maximum Gasteiger partial charge on any atom is 0.342 e. The smallest absolute Gasteiger partial charge is 0.342 e. The topological polar surface area (TPSA) is 93.7 Å². The van der Waals surface area contributed by atoms with Crippen LogP contribution in [0.3, 0.4) is 0 Å². The van der Waals surface area contributed by atoms with E-state index in [4.69, 9.17) is 21.1 Å². The molecule has 7 nitrogen and oxygen atoms in total. The quantitative estimate of drug-likeness (QED) is 0.571. The summed E-state index contributed by atoms with van der Waals surface area (Å²) < 4.78 is 10.6. The first kappa shape index (κ1) is 24.7. The lowest BCUT2D eigenvalue weighted by molar-refractivity contribution is -0.124. The Morgan fingerprint density at radius 3 is 2.35 bits per heavy atom. The molecule has 0 saturated carbocycles. The molecule has 0 spiro atoms. The Labute approximate surface area is 191 Å². The van der Waals surface area contributed by atoms with Gasteiger partial charge in [0.15, 0.2) is 6.10 Å². The largest absolute Gasteiger partial charge is 0.495 e. The third-order valence-electron chi connectivity index (χ3n) is 4.57. The Balaban J connectivity index is 2.19. The van der Waals surface area contributed by atoms with Gasteiger partial charge in [0.2, 0.25) is 5.91 Å². The van der Waals surface area contributed by atoms with Crippen LogP contribution >= 0.6 is 22.9 Å². The minimum Gasteiger partial charge on any atom is -0.495 e. The van der Waals surface area contributed by atoms with Crippen molar-refractivity contribution in [2.45, 2.75) is 47.6 Å². The predicted molar refractivity (Wildman–Crippen MR) is 123 cm³/mol. The van der Waals surface area contributed by atoms with Crippen molar-refractivity contribution in [3.05, 3.63) is 39.2 Å². The molecular formula is C22H27ClN2O5S. The van der Waals surface area contributed by atoms with Crippen LogP contribution in [0.2, 0.25) is 5.02 Å². The fraction of sp³-hybridized carbons (Fsp3) is 0.409. The van der Waals surface area contributed by atoms with Gasteiger partial charge in [-0.25, -0.2) is 4.79 Å². The molecule has 9 heteroatoms. The van der Waals surface area contributed by atoms with E-state index in [0.29, 0.717) is 27.0 Å². The van der Waals surface area contributed by atoms with Crippen LogP contribution in [0.15, 0.2) is 18.2 Å². The lowest BCUT2D eigenvalue weighted by atomic mass is 9.96. The molecule has 1 unspecified atom stereocenters. The average molecular weight is 467 g/mol. The molecule has 0 saturated heterocycles. The summed E-state index contributed by atoms with van der Waals surface area (Å²) in [5.41, 5.74) is 0.683. The van der Waals surface area contributed by atoms with Crippen LogP contribution in [0.25, 0.3) is 0 Å². The normalized spacial score (nSPS) is 12.1. The number of aryl methyl sites for hydroxylation is 1. The van der Waals surface area contributed by atoms with E-state index < -0.39 is 23.4 Å². The van der Waals surface area contributed by atoms with Gasteiger partial charge in [0, 0.05) is 15.3 Å². The Morgan fingerprint density at radius 1 is 1.13 bits per heavy atom. The standard InChI is InChI=1S/C22H27ClN2O5S/c1-11-13(3)31-19(25-21(28)22(4,5)6)17(11)20(27)30-12(2)18(26)24-15-10-14(23)8-9-16(15)29-7/h8-10,12H,1-7H3,(H,24,26)(H,25,28). The number of hydrogen-bond acceptors (Lipinski definition) is 6. The highest BCUT2D eigenvalue weighted by atomic mass is 35.5. The van der Waals surface area contributed by atoms with E-state index in [1.165, 1.54) is 25.4 Å². The molecule has 2 N–H and O–H groups in total. The molecule has 0 radical (unpaired) electrons. The van der Waals surface area contributed by atoms with E-state index in [9.17, 15) is 14.4 Å². The molecule has 2 aromatic rings. The second-order valence-electron chi connectivity index (χ2n) is 8.07. The number of halogens is 1. The second kappa shape index (κ2) is 9.70. The van der Waals surface area contributed by atoms with E-state index >= 15 is 0 Å². The fourth-order valence-corrected chi connectivity index (χ4v) is 3.75. The van der Waals surface area contributed by atoms with Gasteiger partial charge in [-0.05, 0) is 44.5 Å². The van der Waals surface area contributed by atoms with Crippen LogP contribution in [-0.2, 0) is 14.3 Å². The van der Waals surface area contributed by atoms with Gasteiger partial charge < -0.3 is 20.1 Å². The van der Waals surface area contributed by atoms with Crippen molar-refractivity contribution in [1.29, 1.82) is 0 Å². The summed E-state index contributed by atoms with van der Waals surface area (Å²) in [5, 5.41) is 6.28. The average Bonchev–Trinajstić information content (AvgIpc) is 2.94. The highest BCUT2D eigenvalue weighted by Crippen LogP contribution is 2.34. The number of nitrogens with one attached hydrogen (secondary N) is 2. The monoisotopic (exact) mass is 466 g/mol. The summed E-state index contributed by atoms with van der Waals surface area (Å²) in [7, 11) is 1.47. The van der Waals surface area contributed by atoms with Gasteiger partial charge in [-0.2, -0.15) is 0 Å². The molecule has 1 atom stereocenters. The lowest BCUT2D eigenvalue weighted by Gasteiger charge is -2.18. The molecule has 31 heavy (non-hydrogen) atoms. The van der Waals surface area contributed by atoms with Crippen molar-refractivity contribution >= 4 is 51.4 Å². The number of rotatable bonds is 6. The molecule has 1 heterocycles. The minimum atomic E-state index is -1.10. The van der Waals surface area contributed by atoms with E-state index in [-0.39, 0.29) is 11.5 Å². The zero-order chi connectivity index (χ0) is 23.5. The molecule has 2 amide bonds. The van der Waals surface area contributed by atoms with Crippen molar-refractivity contribution in [3.63, 3.8) is 0 Å². The Kier molecular flexibility index (Phi) is 7.72.